The highest BCUT2D eigenvalue weighted by Gasteiger charge is 2.10. The van der Waals surface area contributed by atoms with Gasteiger partial charge in [0.2, 0.25) is 0 Å². The first-order valence-corrected chi connectivity index (χ1v) is 7.82. The molecular weight excluding hydrogens is 304 g/mol. The Morgan fingerprint density at radius 1 is 0.957 bits per heavy atom. The van der Waals surface area contributed by atoms with Crippen LogP contribution in [0.1, 0.15) is 15.9 Å². The molecule has 4 rings (SSSR count). The zero-order valence-electron chi connectivity index (χ0n) is 12.3. The van der Waals surface area contributed by atoms with Crippen molar-refractivity contribution in [2.45, 2.75) is 0 Å². The van der Waals surface area contributed by atoms with E-state index < -0.39 is 0 Å². The minimum absolute atomic E-state index is 0.0500. The van der Waals surface area contributed by atoms with E-state index >= 15 is 0 Å². The largest absolute Gasteiger partial charge is 0.289 e. The molecule has 0 fully saturated rings. The summed E-state index contributed by atoms with van der Waals surface area (Å²) in [4.78, 5) is 12.2. The van der Waals surface area contributed by atoms with E-state index in [0.29, 0.717) is 5.02 Å². The van der Waals surface area contributed by atoms with Crippen molar-refractivity contribution in [2.75, 3.05) is 0 Å². The molecule has 1 aliphatic carbocycles. The fourth-order valence-corrected chi connectivity index (χ4v) is 3.21. The lowest BCUT2D eigenvalue weighted by Crippen LogP contribution is -2.32. The Balaban J connectivity index is 2.17. The average molecular weight is 317 g/mol. The normalized spacial score (nSPS) is 14.0. The summed E-state index contributed by atoms with van der Waals surface area (Å²) in [5.74, 6) is 0.0500. The van der Waals surface area contributed by atoms with Gasteiger partial charge in [-0.3, -0.25) is 4.79 Å². The summed E-state index contributed by atoms with van der Waals surface area (Å²) in [6.07, 6.45) is 7.52. The molecule has 0 unspecified atom stereocenters. The van der Waals surface area contributed by atoms with Crippen molar-refractivity contribution < 1.29 is 4.79 Å². The summed E-state index contributed by atoms with van der Waals surface area (Å²) < 4.78 is 0. The number of ketones is 1. The molecule has 0 radical (unpaired) electrons. The van der Waals surface area contributed by atoms with Gasteiger partial charge in [0.1, 0.15) is 0 Å². The number of allylic oxidation sites excluding steroid dienone is 2. The Hall–Kier alpha value is -2.64. The Labute approximate surface area is 138 Å². The number of rotatable bonds is 1. The highest BCUT2D eigenvalue weighted by atomic mass is 35.5. The monoisotopic (exact) mass is 316 g/mol. The van der Waals surface area contributed by atoms with Crippen LogP contribution in [0.2, 0.25) is 5.02 Å². The van der Waals surface area contributed by atoms with Gasteiger partial charge in [-0.05, 0) is 57.1 Å². The fourth-order valence-electron chi connectivity index (χ4n) is 3.02. The second kappa shape index (κ2) is 5.53. The van der Waals surface area contributed by atoms with Gasteiger partial charge in [0.25, 0.3) is 0 Å². The predicted octanol–water partition coefficient (Wildman–Crippen LogP) is 3.86. The van der Waals surface area contributed by atoms with E-state index in [1.807, 2.05) is 60.7 Å². The van der Waals surface area contributed by atoms with Crippen molar-refractivity contribution in [1.82, 2.24) is 0 Å². The van der Waals surface area contributed by atoms with Crippen LogP contribution < -0.4 is 10.4 Å². The Morgan fingerprint density at radius 3 is 2.70 bits per heavy atom. The molecule has 1 nitrogen and oxygen atoms in total. The third-order valence-corrected chi connectivity index (χ3v) is 4.30. The quantitative estimate of drug-likeness (QED) is 0.666. The summed E-state index contributed by atoms with van der Waals surface area (Å²) in [6.45, 7) is 0. The molecule has 0 atom stereocenters. The second-order valence-electron chi connectivity index (χ2n) is 5.56. The van der Waals surface area contributed by atoms with E-state index in [2.05, 4.69) is 12.1 Å². The molecular formula is C21H13ClO. The van der Waals surface area contributed by atoms with Crippen LogP contribution in [0.15, 0.2) is 66.7 Å². The van der Waals surface area contributed by atoms with Crippen LogP contribution in [0.3, 0.4) is 0 Å². The lowest BCUT2D eigenvalue weighted by Gasteiger charge is -2.08. The summed E-state index contributed by atoms with van der Waals surface area (Å²) >= 11 is 6.10. The van der Waals surface area contributed by atoms with Crippen molar-refractivity contribution in [2.24, 2.45) is 0 Å². The van der Waals surface area contributed by atoms with Crippen molar-refractivity contribution >= 4 is 40.3 Å². The van der Waals surface area contributed by atoms with Crippen LogP contribution in [0, 0.1) is 0 Å². The van der Waals surface area contributed by atoms with E-state index in [0.717, 1.165) is 32.3 Å². The Bertz CT molecular complexity index is 1090. The van der Waals surface area contributed by atoms with Crippen LogP contribution in [-0.4, -0.2) is 5.78 Å². The molecule has 0 N–H and O–H groups in total. The molecule has 0 bridgehead atoms. The maximum atomic E-state index is 12.2. The van der Waals surface area contributed by atoms with Gasteiger partial charge >= 0.3 is 0 Å². The first-order chi connectivity index (χ1) is 11.2. The smallest absolute Gasteiger partial charge is 0.186 e. The molecule has 0 saturated carbocycles. The van der Waals surface area contributed by atoms with Gasteiger partial charge in [0, 0.05) is 10.6 Å². The first kappa shape index (κ1) is 14.0. The summed E-state index contributed by atoms with van der Waals surface area (Å²) in [5, 5.41) is 4.92. The molecule has 0 saturated heterocycles. The minimum Gasteiger partial charge on any atom is -0.289 e. The predicted molar refractivity (Wildman–Crippen MR) is 96.2 cm³/mol. The van der Waals surface area contributed by atoms with Crippen LogP contribution in [0.25, 0.3) is 22.9 Å². The number of carbonyl (C=O) groups excluding carboxylic acids is 1. The molecule has 0 spiro atoms. The Morgan fingerprint density at radius 2 is 1.83 bits per heavy atom. The zero-order chi connectivity index (χ0) is 15.8. The van der Waals surface area contributed by atoms with Gasteiger partial charge in [-0.15, -0.1) is 0 Å². The zero-order valence-corrected chi connectivity index (χ0v) is 13.0. The van der Waals surface area contributed by atoms with Crippen LogP contribution in [0.4, 0.5) is 0 Å². The lowest BCUT2D eigenvalue weighted by atomic mass is 9.95. The number of hydrogen-bond acceptors (Lipinski definition) is 1. The van der Waals surface area contributed by atoms with Crippen molar-refractivity contribution in [3.05, 3.63) is 93.3 Å². The van der Waals surface area contributed by atoms with Crippen LogP contribution in [-0.2, 0) is 0 Å². The molecule has 3 aromatic rings. The maximum absolute atomic E-state index is 12.2. The van der Waals surface area contributed by atoms with Gasteiger partial charge < -0.3 is 0 Å². The van der Waals surface area contributed by atoms with Gasteiger partial charge in [-0.1, -0.05) is 60.2 Å². The van der Waals surface area contributed by atoms with Crippen molar-refractivity contribution in [1.29, 1.82) is 0 Å². The maximum Gasteiger partial charge on any atom is 0.186 e. The number of fused-ring (bicyclic) bond motifs is 2. The molecule has 0 amide bonds. The standard InChI is InChI=1S/C21H13ClO/c22-16-7-3-5-14(11-16)12-19-17-8-2-1-6-15(17)13-20-18(19)9-4-10-21(20)23/h1-13H. The van der Waals surface area contributed by atoms with E-state index in [1.54, 1.807) is 6.08 Å². The summed E-state index contributed by atoms with van der Waals surface area (Å²) in [5.41, 5.74) is 1.77. The lowest BCUT2D eigenvalue weighted by molar-refractivity contribution is 0.104. The molecule has 1 aliphatic rings. The van der Waals surface area contributed by atoms with Crippen LogP contribution in [0.5, 0.6) is 0 Å². The molecule has 2 heteroatoms. The topological polar surface area (TPSA) is 17.1 Å². The van der Waals surface area contributed by atoms with Crippen molar-refractivity contribution in [3.63, 3.8) is 0 Å². The molecule has 0 aliphatic heterocycles. The summed E-state index contributed by atoms with van der Waals surface area (Å²) in [7, 11) is 0. The minimum atomic E-state index is 0.0500. The molecule has 0 heterocycles. The highest BCUT2D eigenvalue weighted by molar-refractivity contribution is 6.30. The second-order valence-corrected chi connectivity index (χ2v) is 6.00. The van der Waals surface area contributed by atoms with Gasteiger partial charge in [-0.2, -0.15) is 0 Å². The average Bonchev–Trinajstić information content (AvgIpc) is 2.56. The third-order valence-electron chi connectivity index (χ3n) is 4.07. The Kier molecular flexibility index (Phi) is 3.36. The molecule has 0 aromatic heterocycles. The number of carbonyl (C=O) groups is 1. The van der Waals surface area contributed by atoms with E-state index in [1.165, 1.54) is 0 Å². The number of benzene rings is 3. The summed E-state index contributed by atoms with van der Waals surface area (Å²) in [6, 6.07) is 17.8. The molecule has 3 aromatic carbocycles. The van der Waals surface area contributed by atoms with Gasteiger partial charge in [0.05, 0.1) is 0 Å². The fraction of sp³-hybridized carbons (Fsp3) is 0. The number of hydrogen-bond donors (Lipinski definition) is 0. The SMILES string of the molecule is O=C1C=CC=c2c1cc1ccccc1c2=Cc1cccc(Cl)c1. The molecule has 110 valence electrons. The molecule has 23 heavy (non-hydrogen) atoms. The van der Waals surface area contributed by atoms with Crippen molar-refractivity contribution in [3.8, 4) is 0 Å². The van der Waals surface area contributed by atoms with E-state index in [9.17, 15) is 4.79 Å². The number of halogens is 1. The third kappa shape index (κ3) is 2.49. The van der Waals surface area contributed by atoms with Gasteiger partial charge in [-0.25, -0.2) is 0 Å². The first-order valence-electron chi connectivity index (χ1n) is 7.44. The highest BCUT2D eigenvalue weighted by Crippen LogP contribution is 2.14. The van der Waals surface area contributed by atoms with Crippen LogP contribution >= 0.6 is 11.6 Å². The van der Waals surface area contributed by atoms with Gasteiger partial charge in [0.15, 0.2) is 5.78 Å². The van der Waals surface area contributed by atoms with E-state index in [-0.39, 0.29) is 5.78 Å². The van der Waals surface area contributed by atoms with E-state index in [4.69, 9.17) is 11.6 Å².